The van der Waals surface area contributed by atoms with E-state index in [1.165, 1.54) is 0 Å². The fraction of sp³-hybridized carbons (Fsp3) is 0.407. The Morgan fingerprint density at radius 3 is 2.34 bits per heavy atom. The molecule has 2 atom stereocenters. The Morgan fingerprint density at radius 1 is 0.971 bits per heavy atom. The largest absolute Gasteiger partial charge is 0.372 e. The fourth-order valence-corrected chi connectivity index (χ4v) is 5.02. The molecule has 2 fully saturated rings. The van der Waals surface area contributed by atoms with E-state index < -0.39 is 0 Å². The number of carbonyl (C=O) groups is 2. The van der Waals surface area contributed by atoms with Gasteiger partial charge in [0.2, 0.25) is 5.91 Å². The molecule has 2 aliphatic heterocycles. The van der Waals surface area contributed by atoms with E-state index in [4.69, 9.17) is 4.74 Å². The van der Waals surface area contributed by atoms with Gasteiger partial charge in [0.15, 0.2) is 0 Å². The maximum atomic E-state index is 12.9. The van der Waals surface area contributed by atoms with Crippen LogP contribution >= 0.6 is 0 Å². The maximum absolute atomic E-state index is 12.9. The first-order valence-corrected chi connectivity index (χ1v) is 12.3. The number of fused-ring (bicyclic) bond motifs is 1. The number of morpholine rings is 1. The van der Waals surface area contributed by atoms with Crippen LogP contribution in [0.3, 0.4) is 0 Å². The number of ether oxygens (including phenoxy) is 1. The number of H-pyrrole nitrogens is 1. The average molecular weight is 476 g/mol. The first-order chi connectivity index (χ1) is 16.9. The molecule has 2 amide bonds. The van der Waals surface area contributed by atoms with Crippen LogP contribution in [0.15, 0.2) is 54.6 Å². The lowest BCUT2D eigenvalue weighted by atomic mass is 10.2. The molecule has 2 aromatic carbocycles. The molecule has 2 unspecified atom stereocenters. The molecule has 184 valence electrons. The Kier molecular flexibility index (Phi) is 6.74. The lowest BCUT2D eigenvalue weighted by Crippen LogP contribution is -2.50. The predicted octanol–water partition coefficient (Wildman–Crippen LogP) is 3.18. The molecule has 0 spiro atoms. The summed E-state index contributed by atoms with van der Waals surface area (Å²) in [6.45, 7) is 8.78. The Bertz CT molecular complexity index is 1140. The van der Waals surface area contributed by atoms with Crippen LogP contribution in [0.2, 0.25) is 0 Å². The molecular weight excluding hydrogens is 442 g/mol. The van der Waals surface area contributed by atoms with Crippen molar-refractivity contribution in [2.75, 3.05) is 56.0 Å². The molecule has 1 aromatic heterocycles. The number of aromatic amines is 1. The highest BCUT2D eigenvalue weighted by Crippen LogP contribution is 2.22. The number of rotatable bonds is 5. The van der Waals surface area contributed by atoms with Crippen molar-refractivity contribution in [1.29, 1.82) is 0 Å². The van der Waals surface area contributed by atoms with E-state index in [0.717, 1.165) is 35.4 Å². The number of nitrogens with one attached hydrogen (secondary N) is 2. The molecule has 0 aliphatic carbocycles. The minimum atomic E-state index is -0.0400. The van der Waals surface area contributed by atoms with Crippen LogP contribution in [-0.2, 0) is 9.53 Å². The molecule has 0 radical (unpaired) electrons. The van der Waals surface area contributed by atoms with Crippen LogP contribution in [0.25, 0.3) is 10.9 Å². The van der Waals surface area contributed by atoms with Gasteiger partial charge in [0.05, 0.1) is 18.8 Å². The SMILES string of the molecule is CC1CN(c2ccc(NC(=O)CN3CCN(C(=O)c4cc5ccccc5[nH]4)CC3)cc2)CC(C)O1. The molecule has 8 nitrogen and oxygen atoms in total. The Labute approximate surface area is 205 Å². The third-order valence-corrected chi connectivity index (χ3v) is 6.72. The predicted molar refractivity (Wildman–Crippen MR) is 138 cm³/mol. The molecule has 8 heteroatoms. The zero-order chi connectivity index (χ0) is 24.4. The highest BCUT2D eigenvalue weighted by molar-refractivity contribution is 5.98. The Hall–Kier alpha value is -3.36. The zero-order valence-electron chi connectivity index (χ0n) is 20.4. The van der Waals surface area contributed by atoms with Gasteiger partial charge in [-0.25, -0.2) is 0 Å². The number of carbonyl (C=O) groups excluding carboxylic acids is 2. The molecule has 35 heavy (non-hydrogen) atoms. The van der Waals surface area contributed by atoms with E-state index in [1.807, 2.05) is 47.4 Å². The van der Waals surface area contributed by atoms with E-state index in [1.54, 1.807) is 0 Å². The highest BCUT2D eigenvalue weighted by Gasteiger charge is 2.25. The second-order valence-corrected chi connectivity index (χ2v) is 9.60. The number of hydrogen-bond acceptors (Lipinski definition) is 5. The van der Waals surface area contributed by atoms with Crippen molar-refractivity contribution in [1.82, 2.24) is 14.8 Å². The van der Waals surface area contributed by atoms with Crippen LogP contribution in [0.5, 0.6) is 0 Å². The summed E-state index contributed by atoms with van der Waals surface area (Å²) >= 11 is 0. The van der Waals surface area contributed by atoms with Gasteiger partial charge in [-0.2, -0.15) is 0 Å². The van der Waals surface area contributed by atoms with E-state index in [0.29, 0.717) is 38.4 Å². The van der Waals surface area contributed by atoms with Crippen molar-refractivity contribution >= 4 is 34.1 Å². The fourth-order valence-electron chi connectivity index (χ4n) is 5.02. The summed E-state index contributed by atoms with van der Waals surface area (Å²) in [5, 5.41) is 4.04. The molecule has 2 aliphatic rings. The summed E-state index contributed by atoms with van der Waals surface area (Å²) in [5.74, 6) is -0.0313. The van der Waals surface area contributed by atoms with Crippen LogP contribution < -0.4 is 10.2 Å². The lowest BCUT2D eigenvalue weighted by Gasteiger charge is -2.37. The van der Waals surface area contributed by atoms with Crippen molar-refractivity contribution in [3.63, 3.8) is 0 Å². The maximum Gasteiger partial charge on any atom is 0.270 e. The van der Waals surface area contributed by atoms with E-state index >= 15 is 0 Å². The number of anilines is 2. The van der Waals surface area contributed by atoms with E-state index in [-0.39, 0.29) is 24.0 Å². The second-order valence-electron chi connectivity index (χ2n) is 9.60. The Balaban J connectivity index is 1.09. The molecule has 3 heterocycles. The first-order valence-electron chi connectivity index (χ1n) is 12.3. The number of benzene rings is 2. The Morgan fingerprint density at radius 2 is 1.66 bits per heavy atom. The lowest BCUT2D eigenvalue weighted by molar-refractivity contribution is -0.117. The van der Waals surface area contributed by atoms with Crippen LogP contribution in [0, 0.1) is 0 Å². The van der Waals surface area contributed by atoms with Gasteiger partial charge in [0.1, 0.15) is 5.69 Å². The van der Waals surface area contributed by atoms with E-state index in [2.05, 4.69) is 46.1 Å². The molecule has 2 saturated heterocycles. The molecule has 5 rings (SSSR count). The molecule has 3 aromatic rings. The highest BCUT2D eigenvalue weighted by atomic mass is 16.5. The standard InChI is InChI=1S/C27H33N5O3/c1-19-16-32(17-20(2)35-19)23-9-7-22(8-10-23)28-26(33)18-30-11-13-31(14-12-30)27(34)25-15-21-5-3-4-6-24(21)29-25/h3-10,15,19-20,29H,11-14,16-18H2,1-2H3,(H,28,33). The number of piperazine rings is 1. The van der Waals surface area contributed by atoms with Crippen LogP contribution in [0.1, 0.15) is 24.3 Å². The summed E-state index contributed by atoms with van der Waals surface area (Å²) in [5.41, 5.74) is 3.51. The average Bonchev–Trinajstić information content (AvgIpc) is 3.28. The first kappa shape index (κ1) is 23.4. The van der Waals surface area contributed by atoms with E-state index in [9.17, 15) is 9.59 Å². The van der Waals surface area contributed by atoms with Gasteiger partial charge in [-0.1, -0.05) is 18.2 Å². The topological polar surface area (TPSA) is 80.9 Å². The van der Waals surface area contributed by atoms with Gasteiger partial charge in [-0.15, -0.1) is 0 Å². The van der Waals surface area contributed by atoms with Gasteiger partial charge in [-0.3, -0.25) is 14.5 Å². The minimum absolute atomic E-state index is 0.00875. The summed E-state index contributed by atoms with van der Waals surface area (Å²) in [7, 11) is 0. The molecule has 2 N–H and O–H groups in total. The monoisotopic (exact) mass is 475 g/mol. The number of nitrogens with zero attached hydrogens (tertiary/aromatic N) is 3. The summed E-state index contributed by atoms with van der Waals surface area (Å²) in [6.07, 6.45) is 0.410. The van der Waals surface area contributed by atoms with Gasteiger partial charge in [0, 0.05) is 61.5 Å². The van der Waals surface area contributed by atoms with Gasteiger partial charge < -0.3 is 24.8 Å². The van der Waals surface area contributed by atoms with Gasteiger partial charge >= 0.3 is 0 Å². The van der Waals surface area contributed by atoms with Crippen molar-refractivity contribution < 1.29 is 14.3 Å². The normalized spacial score (nSPS) is 21.3. The number of hydrogen-bond donors (Lipinski definition) is 2. The number of aromatic nitrogens is 1. The number of amides is 2. The zero-order valence-corrected chi connectivity index (χ0v) is 20.4. The van der Waals surface area contributed by atoms with Crippen LogP contribution in [-0.4, -0.2) is 84.6 Å². The van der Waals surface area contributed by atoms with Crippen molar-refractivity contribution in [3.05, 3.63) is 60.3 Å². The van der Waals surface area contributed by atoms with Gasteiger partial charge in [0.25, 0.3) is 5.91 Å². The quantitative estimate of drug-likeness (QED) is 0.593. The third kappa shape index (κ3) is 5.49. The smallest absolute Gasteiger partial charge is 0.270 e. The molecule has 0 saturated carbocycles. The van der Waals surface area contributed by atoms with Gasteiger partial charge in [-0.05, 0) is 50.2 Å². The molecule has 0 bridgehead atoms. The van der Waals surface area contributed by atoms with Crippen molar-refractivity contribution in [3.8, 4) is 0 Å². The minimum Gasteiger partial charge on any atom is -0.372 e. The third-order valence-electron chi connectivity index (χ3n) is 6.72. The van der Waals surface area contributed by atoms with Crippen LogP contribution in [0.4, 0.5) is 11.4 Å². The summed E-state index contributed by atoms with van der Waals surface area (Å²) < 4.78 is 5.81. The van der Waals surface area contributed by atoms with Crippen molar-refractivity contribution in [2.24, 2.45) is 0 Å². The number of para-hydroxylation sites is 1. The van der Waals surface area contributed by atoms with Crippen molar-refractivity contribution in [2.45, 2.75) is 26.1 Å². The summed E-state index contributed by atoms with van der Waals surface area (Å²) in [4.78, 5) is 35.0. The second kappa shape index (κ2) is 10.1. The molecular formula is C27H33N5O3. The summed E-state index contributed by atoms with van der Waals surface area (Å²) in [6, 6.07) is 17.8.